The highest BCUT2D eigenvalue weighted by Gasteiger charge is 2.09. The summed E-state index contributed by atoms with van der Waals surface area (Å²) in [5, 5.41) is 7.93. The third-order valence-electron chi connectivity index (χ3n) is 2.70. The Hall–Kier alpha value is -1.88. The average Bonchev–Trinajstić information content (AvgIpc) is 2.76. The maximum absolute atomic E-state index is 6.14. The van der Waals surface area contributed by atoms with Crippen molar-refractivity contribution in [2.24, 2.45) is 12.8 Å². The van der Waals surface area contributed by atoms with Crippen molar-refractivity contribution in [1.82, 2.24) is 15.0 Å². The van der Waals surface area contributed by atoms with Crippen molar-refractivity contribution in [3.8, 4) is 5.75 Å². The first-order valence-corrected chi connectivity index (χ1v) is 6.02. The van der Waals surface area contributed by atoms with Crippen LogP contribution in [0.5, 0.6) is 5.75 Å². The molecule has 0 aliphatic rings. The van der Waals surface area contributed by atoms with E-state index in [0.29, 0.717) is 13.0 Å². The van der Waals surface area contributed by atoms with Gasteiger partial charge in [-0.25, -0.2) is 0 Å². The molecule has 0 aliphatic heterocycles. The minimum absolute atomic E-state index is 0.0719. The van der Waals surface area contributed by atoms with E-state index in [1.54, 1.807) is 4.68 Å². The molecule has 0 spiro atoms. The van der Waals surface area contributed by atoms with Crippen LogP contribution in [-0.4, -0.2) is 21.6 Å². The molecule has 0 radical (unpaired) electrons. The molecule has 96 valence electrons. The molecule has 0 saturated carbocycles. The number of hydrogen-bond donors (Lipinski definition) is 1. The Morgan fingerprint density at radius 2 is 2.06 bits per heavy atom. The van der Waals surface area contributed by atoms with E-state index in [1.165, 1.54) is 0 Å². The lowest BCUT2D eigenvalue weighted by molar-refractivity contribution is 0.340. The van der Waals surface area contributed by atoms with Gasteiger partial charge in [0.2, 0.25) is 0 Å². The normalized spacial score (nSPS) is 12.4. The van der Waals surface area contributed by atoms with Gasteiger partial charge in [-0.15, -0.1) is 5.10 Å². The summed E-state index contributed by atoms with van der Waals surface area (Å²) in [6, 6.07) is 7.79. The maximum Gasteiger partial charge on any atom is 0.119 e. The monoisotopic (exact) mass is 246 g/mol. The highest BCUT2D eigenvalue weighted by molar-refractivity contribution is 5.29. The Morgan fingerprint density at radius 1 is 1.33 bits per heavy atom. The topological polar surface area (TPSA) is 66.0 Å². The van der Waals surface area contributed by atoms with Gasteiger partial charge in [-0.1, -0.05) is 17.3 Å². The minimum atomic E-state index is -0.0719. The van der Waals surface area contributed by atoms with Crippen molar-refractivity contribution in [2.45, 2.75) is 19.4 Å². The van der Waals surface area contributed by atoms with Gasteiger partial charge in [0.1, 0.15) is 5.75 Å². The van der Waals surface area contributed by atoms with Crippen molar-refractivity contribution in [1.29, 1.82) is 0 Å². The molecule has 18 heavy (non-hydrogen) atoms. The van der Waals surface area contributed by atoms with Gasteiger partial charge in [-0.2, -0.15) is 0 Å². The number of benzene rings is 1. The molecule has 1 heterocycles. The molecular weight excluding hydrogens is 228 g/mol. The van der Waals surface area contributed by atoms with Crippen LogP contribution in [0, 0.1) is 0 Å². The lowest BCUT2D eigenvalue weighted by atomic mass is 10.0. The molecule has 0 saturated heterocycles. The van der Waals surface area contributed by atoms with Gasteiger partial charge in [-0.05, 0) is 24.6 Å². The van der Waals surface area contributed by atoms with E-state index >= 15 is 0 Å². The predicted octanol–water partition coefficient (Wildman–Crippen LogP) is 1.46. The Balaban J connectivity index is 2.02. The average molecular weight is 246 g/mol. The maximum atomic E-state index is 6.14. The Morgan fingerprint density at radius 3 is 2.61 bits per heavy atom. The van der Waals surface area contributed by atoms with Crippen LogP contribution in [0.4, 0.5) is 0 Å². The summed E-state index contributed by atoms with van der Waals surface area (Å²) in [4.78, 5) is 0. The number of ether oxygens (including phenoxy) is 1. The molecule has 2 rings (SSSR count). The number of rotatable bonds is 5. The van der Waals surface area contributed by atoms with Crippen molar-refractivity contribution < 1.29 is 4.74 Å². The summed E-state index contributed by atoms with van der Waals surface area (Å²) in [7, 11) is 1.85. The molecule has 1 aromatic carbocycles. The number of aryl methyl sites for hydroxylation is 1. The quantitative estimate of drug-likeness (QED) is 0.867. The van der Waals surface area contributed by atoms with Crippen molar-refractivity contribution in [3.63, 3.8) is 0 Å². The van der Waals surface area contributed by atoms with Crippen LogP contribution in [0.15, 0.2) is 30.5 Å². The minimum Gasteiger partial charge on any atom is -0.494 e. The lowest BCUT2D eigenvalue weighted by Gasteiger charge is -2.11. The van der Waals surface area contributed by atoms with E-state index in [-0.39, 0.29) is 6.04 Å². The van der Waals surface area contributed by atoms with Crippen molar-refractivity contribution in [2.75, 3.05) is 6.61 Å². The molecular formula is C13H18N4O. The number of hydrogen-bond acceptors (Lipinski definition) is 4. The number of nitrogens with zero attached hydrogens (tertiary/aromatic N) is 3. The fraction of sp³-hybridized carbons (Fsp3) is 0.385. The van der Waals surface area contributed by atoms with Crippen LogP contribution in [0.25, 0.3) is 0 Å². The molecule has 5 heteroatoms. The van der Waals surface area contributed by atoms with E-state index < -0.39 is 0 Å². The second kappa shape index (κ2) is 5.64. The van der Waals surface area contributed by atoms with Crippen LogP contribution in [0.2, 0.25) is 0 Å². The Bertz CT molecular complexity index is 492. The molecule has 0 fully saturated rings. The van der Waals surface area contributed by atoms with Crippen LogP contribution in [0.1, 0.15) is 24.2 Å². The smallest absolute Gasteiger partial charge is 0.119 e. The molecule has 1 aromatic heterocycles. The summed E-state index contributed by atoms with van der Waals surface area (Å²) < 4.78 is 7.08. The molecule has 0 bridgehead atoms. The third kappa shape index (κ3) is 3.07. The van der Waals surface area contributed by atoms with Gasteiger partial charge < -0.3 is 10.5 Å². The van der Waals surface area contributed by atoms with Crippen molar-refractivity contribution >= 4 is 0 Å². The van der Waals surface area contributed by atoms with Crippen LogP contribution >= 0.6 is 0 Å². The molecule has 0 aliphatic carbocycles. The Kier molecular flexibility index (Phi) is 3.94. The fourth-order valence-corrected chi connectivity index (χ4v) is 1.81. The Labute approximate surface area is 107 Å². The van der Waals surface area contributed by atoms with Gasteiger partial charge in [0.25, 0.3) is 0 Å². The number of aromatic nitrogens is 3. The first kappa shape index (κ1) is 12.6. The second-order valence-electron chi connectivity index (χ2n) is 4.20. The highest BCUT2D eigenvalue weighted by Crippen LogP contribution is 2.18. The molecule has 2 aromatic rings. The summed E-state index contributed by atoms with van der Waals surface area (Å²) in [5.74, 6) is 0.868. The summed E-state index contributed by atoms with van der Waals surface area (Å²) in [5.41, 5.74) is 8.12. The highest BCUT2D eigenvalue weighted by atomic mass is 16.5. The summed E-state index contributed by atoms with van der Waals surface area (Å²) in [6.07, 6.45) is 2.57. The SMILES string of the molecule is CCOc1ccc(C(N)Cc2cn(C)nn2)cc1. The van der Waals surface area contributed by atoms with Gasteiger partial charge in [0.15, 0.2) is 0 Å². The fourth-order valence-electron chi connectivity index (χ4n) is 1.81. The molecule has 0 amide bonds. The lowest BCUT2D eigenvalue weighted by Crippen LogP contribution is -2.13. The zero-order valence-electron chi connectivity index (χ0n) is 10.7. The van der Waals surface area contributed by atoms with E-state index in [0.717, 1.165) is 17.0 Å². The van der Waals surface area contributed by atoms with Gasteiger partial charge >= 0.3 is 0 Å². The van der Waals surface area contributed by atoms with E-state index in [2.05, 4.69) is 10.3 Å². The zero-order chi connectivity index (χ0) is 13.0. The van der Waals surface area contributed by atoms with Crippen LogP contribution < -0.4 is 10.5 Å². The van der Waals surface area contributed by atoms with Gasteiger partial charge in [-0.3, -0.25) is 4.68 Å². The van der Waals surface area contributed by atoms with E-state index in [1.807, 2.05) is 44.4 Å². The van der Waals surface area contributed by atoms with Crippen LogP contribution in [-0.2, 0) is 13.5 Å². The first-order chi connectivity index (χ1) is 8.69. The standard InChI is InChI=1S/C13H18N4O/c1-3-18-12-6-4-10(5-7-12)13(14)8-11-9-17(2)16-15-11/h4-7,9,13H,3,8,14H2,1-2H3. The summed E-state index contributed by atoms with van der Waals surface area (Å²) in [6.45, 7) is 2.64. The van der Waals surface area contributed by atoms with Gasteiger partial charge in [0.05, 0.1) is 12.3 Å². The van der Waals surface area contributed by atoms with E-state index in [9.17, 15) is 0 Å². The van der Waals surface area contributed by atoms with Crippen LogP contribution in [0.3, 0.4) is 0 Å². The second-order valence-corrected chi connectivity index (χ2v) is 4.20. The first-order valence-electron chi connectivity index (χ1n) is 6.02. The third-order valence-corrected chi connectivity index (χ3v) is 2.70. The molecule has 2 N–H and O–H groups in total. The molecule has 1 atom stereocenters. The summed E-state index contributed by atoms with van der Waals surface area (Å²) >= 11 is 0. The van der Waals surface area contributed by atoms with E-state index in [4.69, 9.17) is 10.5 Å². The number of nitrogens with two attached hydrogens (primary N) is 1. The zero-order valence-corrected chi connectivity index (χ0v) is 10.7. The molecule has 1 unspecified atom stereocenters. The predicted molar refractivity (Wildman–Crippen MR) is 69.2 cm³/mol. The molecule has 5 nitrogen and oxygen atoms in total. The van der Waals surface area contributed by atoms with Crippen molar-refractivity contribution in [3.05, 3.63) is 41.7 Å². The largest absolute Gasteiger partial charge is 0.494 e. The van der Waals surface area contributed by atoms with Gasteiger partial charge in [0, 0.05) is 25.7 Å².